The maximum atomic E-state index is 2.41. The molecule has 0 rings (SSSR count). The monoisotopic (exact) mass is 296 g/mol. The Morgan fingerprint density at radius 1 is 0.667 bits per heavy atom. The summed E-state index contributed by atoms with van der Waals surface area (Å²) in [7, 11) is 0. The first-order valence-electron chi connectivity index (χ1n) is 10.0. The summed E-state index contributed by atoms with van der Waals surface area (Å²) in [6, 6.07) is 0. The first-order valence-corrected chi connectivity index (χ1v) is 10.0. The average Bonchev–Trinajstić information content (AvgIpc) is 2.48. The van der Waals surface area contributed by atoms with Gasteiger partial charge in [-0.2, -0.15) is 0 Å². The average molecular weight is 297 g/mol. The van der Waals surface area contributed by atoms with E-state index in [9.17, 15) is 0 Å². The lowest BCUT2D eigenvalue weighted by atomic mass is 9.84. The lowest BCUT2D eigenvalue weighted by Crippen LogP contribution is -2.08. The Kier molecular flexibility index (Phi) is 13.6. The SMILES string of the molecule is CCC(C)CCCCCCCCCCCCC(C)(C)CC. The summed E-state index contributed by atoms with van der Waals surface area (Å²) in [4.78, 5) is 0. The molecule has 0 amide bonds. The Balaban J connectivity index is 3.13. The minimum atomic E-state index is 0.579. The van der Waals surface area contributed by atoms with E-state index in [4.69, 9.17) is 0 Å². The lowest BCUT2D eigenvalue weighted by Gasteiger charge is -2.22. The molecule has 0 saturated carbocycles. The molecule has 0 aliphatic carbocycles. The van der Waals surface area contributed by atoms with Crippen molar-refractivity contribution in [1.82, 2.24) is 0 Å². The summed E-state index contributed by atoms with van der Waals surface area (Å²) >= 11 is 0. The molecule has 0 aromatic carbocycles. The van der Waals surface area contributed by atoms with Crippen molar-refractivity contribution < 1.29 is 0 Å². The molecule has 0 aromatic rings. The van der Waals surface area contributed by atoms with Gasteiger partial charge in [-0.25, -0.2) is 0 Å². The Hall–Kier alpha value is 0. The predicted molar refractivity (Wildman–Crippen MR) is 98.9 cm³/mol. The molecular formula is C21H44. The summed E-state index contributed by atoms with van der Waals surface area (Å²) in [6.45, 7) is 11.8. The highest BCUT2D eigenvalue weighted by atomic mass is 14.2. The van der Waals surface area contributed by atoms with Crippen LogP contribution in [0.5, 0.6) is 0 Å². The summed E-state index contributed by atoms with van der Waals surface area (Å²) in [5.41, 5.74) is 0.579. The second-order valence-electron chi connectivity index (χ2n) is 8.11. The van der Waals surface area contributed by atoms with Crippen LogP contribution in [0, 0.1) is 11.3 Å². The number of unbranched alkanes of at least 4 members (excludes halogenated alkanes) is 9. The molecule has 0 bridgehead atoms. The van der Waals surface area contributed by atoms with Crippen LogP contribution in [0.25, 0.3) is 0 Å². The lowest BCUT2D eigenvalue weighted by molar-refractivity contribution is 0.307. The largest absolute Gasteiger partial charge is 0.0651 e. The predicted octanol–water partition coefficient (Wildman–Crippen LogP) is 8.15. The standard InChI is InChI=1S/C21H44/c1-6-20(3)18-16-14-12-10-8-9-11-13-15-17-19-21(4,5)7-2/h20H,6-19H2,1-5H3. The van der Waals surface area contributed by atoms with Crippen LogP contribution in [0.2, 0.25) is 0 Å². The zero-order chi connectivity index (χ0) is 16.0. The molecule has 0 spiro atoms. The van der Waals surface area contributed by atoms with E-state index in [0.717, 1.165) is 5.92 Å². The fraction of sp³-hybridized carbons (Fsp3) is 1.00. The van der Waals surface area contributed by atoms with Crippen molar-refractivity contribution in [3.63, 3.8) is 0 Å². The van der Waals surface area contributed by atoms with Crippen molar-refractivity contribution in [2.45, 2.75) is 125 Å². The second-order valence-corrected chi connectivity index (χ2v) is 8.11. The van der Waals surface area contributed by atoms with Gasteiger partial charge >= 0.3 is 0 Å². The zero-order valence-electron chi connectivity index (χ0n) is 16.0. The van der Waals surface area contributed by atoms with Gasteiger partial charge in [0.25, 0.3) is 0 Å². The van der Waals surface area contributed by atoms with Gasteiger partial charge in [-0.05, 0) is 17.8 Å². The highest BCUT2D eigenvalue weighted by Crippen LogP contribution is 2.27. The topological polar surface area (TPSA) is 0 Å². The Labute approximate surface area is 136 Å². The third kappa shape index (κ3) is 14.7. The minimum absolute atomic E-state index is 0.579. The number of hydrogen-bond acceptors (Lipinski definition) is 0. The molecule has 21 heavy (non-hydrogen) atoms. The van der Waals surface area contributed by atoms with Crippen molar-refractivity contribution in [2.24, 2.45) is 11.3 Å². The summed E-state index contributed by atoms with van der Waals surface area (Å²) in [5.74, 6) is 0.947. The second kappa shape index (κ2) is 13.6. The molecule has 0 saturated heterocycles. The summed E-state index contributed by atoms with van der Waals surface area (Å²) < 4.78 is 0. The third-order valence-corrected chi connectivity index (χ3v) is 5.45. The van der Waals surface area contributed by atoms with Crippen LogP contribution >= 0.6 is 0 Å². The maximum Gasteiger partial charge on any atom is -0.0357 e. The van der Waals surface area contributed by atoms with Gasteiger partial charge in [-0.15, -0.1) is 0 Å². The summed E-state index contributed by atoms with van der Waals surface area (Å²) in [6.07, 6.45) is 20.2. The van der Waals surface area contributed by atoms with Crippen molar-refractivity contribution in [3.8, 4) is 0 Å². The van der Waals surface area contributed by atoms with Gasteiger partial charge in [0.05, 0.1) is 0 Å². The van der Waals surface area contributed by atoms with Crippen LogP contribution in [0.4, 0.5) is 0 Å². The molecule has 0 heterocycles. The quantitative estimate of drug-likeness (QED) is 0.267. The van der Waals surface area contributed by atoms with Crippen molar-refractivity contribution in [1.29, 1.82) is 0 Å². The van der Waals surface area contributed by atoms with Gasteiger partial charge in [-0.1, -0.05) is 118 Å². The molecule has 1 unspecified atom stereocenters. The fourth-order valence-electron chi connectivity index (χ4n) is 2.89. The van der Waals surface area contributed by atoms with Crippen molar-refractivity contribution in [3.05, 3.63) is 0 Å². The van der Waals surface area contributed by atoms with Crippen LogP contribution in [0.1, 0.15) is 125 Å². The van der Waals surface area contributed by atoms with Crippen LogP contribution < -0.4 is 0 Å². The molecule has 1 atom stereocenters. The molecular weight excluding hydrogens is 252 g/mol. The molecule has 0 fully saturated rings. The molecule has 0 nitrogen and oxygen atoms in total. The highest BCUT2D eigenvalue weighted by molar-refractivity contribution is 4.65. The van der Waals surface area contributed by atoms with E-state index in [1.54, 1.807) is 0 Å². The zero-order valence-corrected chi connectivity index (χ0v) is 16.0. The molecule has 0 N–H and O–H groups in total. The van der Waals surface area contributed by atoms with E-state index in [-0.39, 0.29) is 0 Å². The molecule has 128 valence electrons. The normalized spacial score (nSPS) is 13.6. The maximum absolute atomic E-state index is 2.41. The van der Waals surface area contributed by atoms with Crippen LogP contribution in [-0.4, -0.2) is 0 Å². The molecule has 0 radical (unpaired) electrons. The van der Waals surface area contributed by atoms with Gasteiger partial charge in [0.2, 0.25) is 0 Å². The number of rotatable bonds is 15. The van der Waals surface area contributed by atoms with Gasteiger partial charge in [-0.3, -0.25) is 0 Å². The van der Waals surface area contributed by atoms with E-state index in [1.165, 1.54) is 89.9 Å². The third-order valence-electron chi connectivity index (χ3n) is 5.45. The molecule has 0 heteroatoms. The Bertz CT molecular complexity index is 204. The van der Waals surface area contributed by atoms with Crippen LogP contribution in [0.3, 0.4) is 0 Å². The van der Waals surface area contributed by atoms with Gasteiger partial charge in [0.1, 0.15) is 0 Å². The minimum Gasteiger partial charge on any atom is -0.0651 e. The molecule has 0 aliphatic rings. The molecule has 0 aliphatic heterocycles. The van der Waals surface area contributed by atoms with E-state index < -0.39 is 0 Å². The van der Waals surface area contributed by atoms with Crippen molar-refractivity contribution in [2.75, 3.05) is 0 Å². The van der Waals surface area contributed by atoms with Gasteiger partial charge in [0.15, 0.2) is 0 Å². The Morgan fingerprint density at radius 3 is 1.52 bits per heavy atom. The van der Waals surface area contributed by atoms with Crippen LogP contribution in [-0.2, 0) is 0 Å². The van der Waals surface area contributed by atoms with Gasteiger partial charge < -0.3 is 0 Å². The van der Waals surface area contributed by atoms with Crippen LogP contribution in [0.15, 0.2) is 0 Å². The van der Waals surface area contributed by atoms with Crippen molar-refractivity contribution >= 4 is 0 Å². The van der Waals surface area contributed by atoms with E-state index in [2.05, 4.69) is 34.6 Å². The number of hydrogen-bond donors (Lipinski definition) is 0. The molecule has 0 aromatic heterocycles. The van der Waals surface area contributed by atoms with Gasteiger partial charge in [0, 0.05) is 0 Å². The Morgan fingerprint density at radius 2 is 1.10 bits per heavy atom. The van der Waals surface area contributed by atoms with E-state index in [0.29, 0.717) is 5.41 Å². The highest BCUT2D eigenvalue weighted by Gasteiger charge is 2.13. The smallest absolute Gasteiger partial charge is 0.0357 e. The van der Waals surface area contributed by atoms with E-state index in [1.807, 2.05) is 0 Å². The fourth-order valence-corrected chi connectivity index (χ4v) is 2.89. The summed E-state index contributed by atoms with van der Waals surface area (Å²) in [5, 5.41) is 0. The first kappa shape index (κ1) is 21.0. The van der Waals surface area contributed by atoms with E-state index >= 15 is 0 Å². The first-order chi connectivity index (χ1) is 10.0.